The van der Waals surface area contributed by atoms with Gasteiger partial charge in [0.2, 0.25) is 0 Å². The van der Waals surface area contributed by atoms with Crippen LogP contribution in [0.3, 0.4) is 0 Å². The normalized spacial score (nSPS) is 31.9. The Morgan fingerprint density at radius 2 is 1.89 bits per heavy atom. The molecule has 2 bridgehead atoms. The summed E-state index contributed by atoms with van der Waals surface area (Å²) >= 11 is 0. The molecule has 0 amide bonds. The molecule has 1 saturated carbocycles. The van der Waals surface area contributed by atoms with Gasteiger partial charge in [-0.3, -0.25) is 4.90 Å². The van der Waals surface area contributed by atoms with E-state index in [9.17, 15) is 5.11 Å². The van der Waals surface area contributed by atoms with Crippen LogP contribution < -0.4 is 19.9 Å². The molecule has 8 nitrogen and oxygen atoms in total. The number of benzene rings is 2. The molecule has 6 aliphatic rings. The number of halogens is 1. The zero-order chi connectivity index (χ0) is 31.0. The van der Waals surface area contributed by atoms with Crippen LogP contribution in [0.5, 0.6) is 11.8 Å². The van der Waals surface area contributed by atoms with Gasteiger partial charge in [0.15, 0.2) is 0 Å². The van der Waals surface area contributed by atoms with Gasteiger partial charge in [-0.1, -0.05) is 30.9 Å². The predicted molar refractivity (Wildman–Crippen MR) is 177 cm³/mol. The number of aromatic hydroxyl groups is 1. The summed E-state index contributed by atoms with van der Waals surface area (Å²) in [6, 6.07) is 11.3. The van der Waals surface area contributed by atoms with Crippen LogP contribution in [-0.2, 0) is 13.0 Å². The molecule has 6 heterocycles. The van der Waals surface area contributed by atoms with E-state index >= 15 is 4.39 Å². The summed E-state index contributed by atoms with van der Waals surface area (Å²) in [5, 5.41) is 16.3. The second-order valence-corrected chi connectivity index (χ2v) is 14.8. The zero-order valence-electron chi connectivity index (χ0n) is 26.4. The summed E-state index contributed by atoms with van der Waals surface area (Å²) in [4.78, 5) is 17.4. The lowest BCUT2D eigenvalue weighted by Crippen LogP contribution is -2.52. The molecule has 5 aliphatic heterocycles. The fourth-order valence-electron chi connectivity index (χ4n) is 10.1. The van der Waals surface area contributed by atoms with E-state index < -0.39 is 6.17 Å². The summed E-state index contributed by atoms with van der Waals surface area (Å²) in [6.07, 6.45) is 14.8. The van der Waals surface area contributed by atoms with E-state index in [1.165, 1.54) is 44.1 Å². The van der Waals surface area contributed by atoms with Crippen LogP contribution in [0.2, 0.25) is 0 Å². The van der Waals surface area contributed by atoms with E-state index in [4.69, 9.17) is 21.1 Å². The number of phenolic OH excluding ortho intramolecular Hbond substituents is 1. The predicted octanol–water partition coefficient (Wildman–Crippen LogP) is 4.94. The lowest BCUT2D eigenvalue weighted by Gasteiger charge is -2.38. The first-order valence-corrected chi connectivity index (χ1v) is 17.4. The SMILES string of the molecule is C#Cc1cccc2cc(O)cc(N3CCc4c(nc(OCC56CC(F)CN5C5CCCCC5C6)nc4N4CC5CCC(C4)N5)C3)c12. The fraction of sp³-hybridized carbons (Fsp3) is 0.568. The van der Waals surface area contributed by atoms with Crippen molar-refractivity contribution in [3.05, 3.63) is 47.2 Å². The second-order valence-electron chi connectivity index (χ2n) is 14.8. The Bertz CT molecular complexity index is 1710. The minimum atomic E-state index is -0.804. The molecule has 9 heteroatoms. The number of nitrogens with zero attached hydrogens (tertiary/aromatic N) is 5. The van der Waals surface area contributed by atoms with Crippen molar-refractivity contribution in [3.63, 3.8) is 0 Å². The van der Waals surface area contributed by atoms with Crippen molar-refractivity contribution >= 4 is 22.3 Å². The topological polar surface area (TPSA) is 77.0 Å². The van der Waals surface area contributed by atoms with Crippen molar-refractivity contribution in [1.82, 2.24) is 20.2 Å². The van der Waals surface area contributed by atoms with Gasteiger partial charge in [0.05, 0.1) is 17.8 Å². The van der Waals surface area contributed by atoms with Crippen LogP contribution in [0.15, 0.2) is 30.3 Å². The first-order valence-electron chi connectivity index (χ1n) is 17.4. The molecule has 9 rings (SSSR count). The highest BCUT2D eigenvalue weighted by molar-refractivity contribution is 6.00. The molecule has 2 N–H and O–H groups in total. The van der Waals surface area contributed by atoms with E-state index in [1.54, 1.807) is 6.07 Å². The Morgan fingerprint density at radius 3 is 2.74 bits per heavy atom. The van der Waals surface area contributed by atoms with Gasteiger partial charge in [0.25, 0.3) is 0 Å². The summed E-state index contributed by atoms with van der Waals surface area (Å²) in [5.41, 5.74) is 3.59. The smallest absolute Gasteiger partial charge is 0.318 e. The van der Waals surface area contributed by atoms with Crippen molar-refractivity contribution in [2.45, 2.75) is 94.2 Å². The van der Waals surface area contributed by atoms with Crippen LogP contribution in [0.1, 0.15) is 68.2 Å². The number of anilines is 2. The maximum absolute atomic E-state index is 15.0. The fourth-order valence-corrected chi connectivity index (χ4v) is 10.1. The molecule has 6 atom stereocenters. The molecule has 2 aromatic carbocycles. The number of piperazine rings is 1. The number of aromatic nitrogens is 2. The van der Waals surface area contributed by atoms with Crippen molar-refractivity contribution in [1.29, 1.82) is 0 Å². The number of rotatable bonds is 5. The van der Waals surface area contributed by atoms with E-state index in [1.807, 2.05) is 24.3 Å². The molecular formula is C37H43FN6O2. The highest BCUT2D eigenvalue weighted by Gasteiger charge is 2.57. The number of ether oxygens (including phenoxy) is 1. The molecule has 6 unspecified atom stereocenters. The lowest BCUT2D eigenvalue weighted by molar-refractivity contribution is 0.0772. The zero-order valence-corrected chi connectivity index (χ0v) is 26.4. The van der Waals surface area contributed by atoms with Gasteiger partial charge in [-0.15, -0.1) is 6.42 Å². The van der Waals surface area contributed by atoms with Gasteiger partial charge in [-0.25, -0.2) is 4.39 Å². The lowest BCUT2D eigenvalue weighted by atomic mass is 9.81. The van der Waals surface area contributed by atoms with E-state index in [-0.39, 0.29) is 11.3 Å². The largest absolute Gasteiger partial charge is 0.508 e. The Balaban J connectivity index is 1.07. The number of phenols is 1. The van der Waals surface area contributed by atoms with Crippen molar-refractivity contribution < 1.29 is 14.2 Å². The van der Waals surface area contributed by atoms with E-state index in [0.29, 0.717) is 56.2 Å². The van der Waals surface area contributed by atoms with Gasteiger partial charge in [-0.2, -0.15) is 9.97 Å². The Hall–Kier alpha value is -3.61. The molecule has 1 aromatic heterocycles. The third-order valence-electron chi connectivity index (χ3n) is 12.0. The number of hydrogen-bond donors (Lipinski definition) is 2. The van der Waals surface area contributed by atoms with Crippen LogP contribution in [0.4, 0.5) is 15.9 Å². The minimum Gasteiger partial charge on any atom is -0.508 e. The Kier molecular flexibility index (Phi) is 6.83. The van der Waals surface area contributed by atoms with E-state index in [0.717, 1.165) is 66.0 Å². The van der Waals surface area contributed by atoms with Gasteiger partial charge < -0.3 is 25.0 Å². The number of nitrogens with one attached hydrogen (secondary N) is 1. The number of fused-ring (bicyclic) bond motifs is 7. The first-order chi connectivity index (χ1) is 22.5. The Labute approximate surface area is 270 Å². The quantitative estimate of drug-likeness (QED) is 0.388. The van der Waals surface area contributed by atoms with Gasteiger partial charge in [0, 0.05) is 79.0 Å². The summed E-state index contributed by atoms with van der Waals surface area (Å²) < 4.78 is 21.6. The summed E-state index contributed by atoms with van der Waals surface area (Å²) in [5.74, 6) is 4.70. The highest BCUT2D eigenvalue weighted by atomic mass is 19.1. The van der Waals surface area contributed by atoms with Gasteiger partial charge in [0.1, 0.15) is 24.3 Å². The molecular weight excluding hydrogens is 579 g/mol. The summed E-state index contributed by atoms with van der Waals surface area (Å²) in [6.45, 7) is 4.13. The third-order valence-corrected chi connectivity index (χ3v) is 12.0. The molecule has 0 spiro atoms. The number of alkyl halides is 1. The maximum Gasteiger partial charge on any atom is 0.318 e. The van der Waals surface area contributed by atoms with Gasteiger partial charge >= 0.3 is 6.01 Å². The van der Waals surface area contributed by atoms with Crippen molar-refractivity contribution in [3.8, 4) is 24.1 Å². The van der Waals surface area contributed by atoms with E-state index in [2.05, 4.69) is 25.9 Å². The third kappa shape index (κ3) is 4.71. The molecule has 1 aliphatic carbocycles. The standard InChI is InChI=1S/C37H43FN6O2/c1-2-23-7-5-8-24-14-29(45)15-33(34(23)24)42-13-12-30-31(21-42)40-36(41-35(30)43-19-27-10-11-28(20-43)39-27)46-22-37-16-25-6-3-4-9-32(25)44(37)18-26(38)17-37/h1,5,7-8,14-15,25-28,32,39,45H,3-4,6,9-13,16-22H2. The number of hydrogen-bond acceptors (Lipinski definition) is 8. The molecule has 3 aromatic rings. The van der Waals surface area contributed by atoms with Crippen LogP contribution in [-0.4, -0.2) is 82.6 Å². The van der Waals surface area contributed by atoms with Crippen LogP contribution >= 0.6 is 0 Å². The first kappa shape index (κ1) is 28.6. The maximum atomic E-state index is 15.0. The van der Waals surface area contributed by atoms with Crippen molar-refractivity contribution in [2.24, 2.45) is 5.92 Å². The Morgan fingerprint density at radius 1 is 1.04 bits per heavy atom. The summed E-state index contributed by atoms with van der Waals surface area (Å²) in [7, 11) is 0. The molecule has 5 fully saturated rings. The molecule has 240 valence electrons. The average molecular weight is 623 g/mol. The average Bonchev–Trinajstić information content (AvgIpc) is 3.68. The van der Waals surface area contributed by atoms with Crippen LogP contribution in [0.25, 0.3) is 10.8 Å². The number of terminal acetylenes is 1. The van der Waals surface area contributed by atoms with Gasteiger partial charge in [-0.05, 0) is 62.0 Å². The highest BCUT2D eigenvalue weighted by Crippen LogP contribution is 2.51. The molecule has 46 heavy (non-hydrogen) atoms. The molecule has 4 saturated heterocycles. The second kappa shape index (κ2) is 11.0. The van der Waals surface area contributed by atoms with Crippen molar-refractivity contribution in [2.75, 3.05) is 42.6 Å². The van der Waals surface area contributed by atoms with Crippen LogP contribution in [0, 0.1) is 18.3 Å². The molecule has 0 radical (unpaired) electrons. The monoisotopic (exact) mass is 622 g/mol. The minimum absolute atomic E-state index is 0.217.